The molecule has 6 nitrogen and oxygen atoms in total. The quantitative estimate of drug-likeness (QED) is 0.809. The topological polar surface area (TPSA) is 69.7 Å². The summed E-state index contributed by atoms with van der Waals surface area (Å²) in [6.45, 7) is 8.95. The number of tetrazole rings is 1. The van der Waals surface area contributed by atoms with Crippen molar-refractivity contribution in [3.05, 3.63) is 5.82 Å². The van der Waals surface area contributed by atoms with Crippen molar-refractivity contribution < 1.29 is 0 Å². The molecule has 96 valence electrons. The molecule has 1 atom stereocenters. The van der Waals surface area contributed by atoms with E-state index in [-0.39, 0.29) is 6.04 Å². The van der Waals surface area contributed by atoms with E-state index in [2.05, 4.69) is 51.6 Å². The first-order chi connectivity index (χ1) is 8.16. The predicted molar refractivity (Wildman–Crippen MR) is 65.5 cm³/mol. The molecule has 1 saturated heterocycles. The van der Waals surface area contributed by atoms with Crippen LogP contribution in [-0.2, 0) is 0 Å². The Morgan fingerprint density at radius 2 is 2.00 bits per heavy atom. The zero-order valence-electron chi connectivity index (χ0n) is 10.8. The second kappa shape index (κ2) is 5.55. The summed E-state index contributed by atoms with van der Waals surface area (Å²) in [5, 5.41) is 17.7. The fourth-order valence-corrected chi connectivity index (χ4v) is 2.36. The van der Waals surface area contributed by atoms with Gasteiger partial charge >= 0.3 is 0 Å². The molecule has 1 aliphatic heterocycles. The number of aromatic amines is 1. The van der Waals surface area contributed by atoms with E-state index in [1.54, 1.807) is 0 Å². The Bertz CT molecular complexity index is 315. The molecule has 6 heteroatoms. The summed E-state index contributed by atoms with van der Waals surface area (Å²) in [5.41, 5.74) is 0. The van der Waals surface area contributed by atoms with Crippen molar-refractivity contribution in [1.82, 2.24) is 30.8 Å². The van der Waals surface area contributed by atoms with Gasteiger partial charge in [0.05, 0.1) is 6.04 Å². The number of aromatic nitrogens is 4. The average Bonchev–Trinajstić information content (AvgIpc) is 2.83. The van der Waals surface area contributed by atoms with Gasteiger partial charge in [0, 0.05) is 12.1 Å². The van der Waals surface area contributed by atoms with E-state index >= 15 is 0 Å². The van der Waals surface area contributed by atoms with E-state index in [1.807, 2.05) is 0 Å². The maximum atomic E-state index is 4.00. The zero-order valence-corrected chi connectivity index (χ0v) is 10.8. The number of rotatable bonds is 4. The standard InChI is InChI=1S/C11H22N6/c1-8(2)17-6-4-10(5-7-17)12-9(3)11-13-15-16-14-11/h8-10,12H,4-7H2,1-3H3,(H,13,14,15,16). The third-order valence-corrected chi connectivity index (χ3v) is 3.49. The number of nitrogens with one attached hydrogen (secondary N) is 2. The molecule has 0 radical (unpaired) electrons. The lowest BCUT2D eigenvalue weighted by molar-refractivity contribution is 0.157. The summed E-state index contributed by atoms with van der Waals surface area (Å²) in [7, 11) is 0. The Labute approximate surface area is 102 Å². The Hall–Kier alpha value is -1.01. The van der Waals surface area contributed by atoms with Gasteiger partial charge in [-0.2, -0.15) is 5.21 Å². The first-order valence-electron chi connectivity index (χ1n) is 6.40. The summed E-state index contributed by atoms with van der Waals surface area (Å²) in [6.07, 6.45) is 2.39. The van der Waals surface area contributed by atoms with Crippen LogP contribution >= 0.6 is 0 Å². The molecule has 0 amide bonds. The van der Waals surface area contributed by atoms with E-state index in [9.17, 15) is 0 Å². The summed E-state index contributed by atoms with van der Waals surface area (Å²) in [6, 6.07) is 1.40. The van der Waals surface area contributed by atoms with Crippen LogP contribution in [0.25, 0.3) is 0 Å². The molecule has 1 aromatic rings. The smallest absolute Gasteiger partial charge is 0.191 e. The second-order valence-electron chi connectivity index (χ2n) is 5.06. The van der Waals surface area contributed by atoms with E-state index in [0.29, 0.717) is 12.1 Å². The average molecular weight is 238 g/mol. The molecule has 1 aromatic heterocycles. The van der Waals surface area contributed by atoms with Gasteiger partial charge in [-0.05, 0) is 46.7 Å². The van der Waals surface area contributed by atoms with Crippen molar-refractivity contribution in [2.45, 2.75) is 51.7 Å². The number of nitrogens with zero attached hydrogens (tertiary/aromatic N) is 4. The Morgan fingerprint density at radius 1 is 1.29 bits per heavy atom. The second-order valence-corrected chi connectivity index (χ2v) is 5.06. The van der Waals surface area contributed by atoms with E-state index in [4.69, 9.17) is 0 Å². The monoisotopic (exact) mass is 238 g/mol. The highest BCUT2D eigenvalue weighted by molar-refractivity contribution is 4.89. The molecule has 1 fully saturated rings. The van der Waals surface area contributed by atoms with Crippen molar-refractivity contribution >= 4 is 0 Å². The largest absolute Gasteiger partial charge is 0.305 e. The van der Waals surface area contributed by atoms with Gasteiger partial charge < -0.3 is 10.2 Å². The predicted octanol–water partition coefficient (Wildman–Crippen LogP) is 0.723. The summed E-state index contributed by atoms with van der Waals surface area (Å²) < 4.78 is 0. The van der Waals surface area contributed by atoms with E-state index < -0.39 is 0 Å². The third kappa shape index (κ3) is 3.23. The van der Waals surface area contributed by atoms with Gasteiger partial charge in [0.1, 0.15) is 0 Å². The van der Waals surface area contributed by atoms with Crippen molar-refractivity contribution in [3.63, 3.8) is 0 Å². The van der Waals surface area contributed by atoms with Crippen LogP contribution < -0.4 is 5.32 Å². The van der Waals surface area contributed by atoms with Gasteiger partial charge in [0.2, 0.25) is 0 Å². The van der Waals surface area contributed by atoms with Crippen molar-refractivity contribution in [2.75, 3.05) is 13.1 Å². The molecule has 0 bridgehead atoms. The van der Waals surface area contributed by atoms with Crippen molar-refractivity contribution in [2.24, 2.45) is 0 Å². The molecule has 2 rings (SSSR count). The van der Waals surface area contributed by atoms with Crippen LogP contribution in [0.3, 0.4) is 0 Å². The molecule has 0 aliphatic carbocycles. The molecular formula is C11H22N6. The number of piperidine rings is 1. The minimum absolute atomic E-state index is 0.171. The van der Waals surface area contributed by atoms with Gasteiger partial charge in [0.25, 0.3) is 0 Å². The molecule has 1 unspecified atom stereocenters. The fraction of sp³-hybridized carbons (Fsp3) is 0.909. The highest BCUT2D eigenvalue weighted by Crippen LogP contribution is 2.16. The van der Waals surface area contributed by atoms with E-state index in [0.717, 1.165) is 5.82 Å². The lowest BCUT2D eigenvalue weighted by Crippen LogP contribution is -2.45. The van der Waals surface area contributed by atoms with Crippen LogP contribution in [0.1, 0.15) is 45.5 Å². The molecule has 0 aromatic carbocycles. The Morgan fingerprint density at radius 3 is 2.53 bits per heavy atom. The maximum absolute atomic E-state index is 4.00. The van der Waals surface area contributed by atoms with Crippen LogP contribution in [0.2, 0.25) is 0 Å². The molecule has 2 N–H and O–H groups in total. The zero-order chi connectivity index (χ0) is 12.3. The summed E-state index contributed by atoms with van der Waals surface area (Å²) in [4.78, 5) is 2.52. The molecule has 0 saturated carbocycles. The number of hydrogen-bond acceptors (Lipinski definition) is 5. The lowest BCUT2D eigenvalue weighted by atomic mass is 10.0. The number of hydrogen-bond donors (Lipinski definition) is 2. The highest BCUT2D eigenvalue weighted by atomic mass is 15.5. The molecular weight excluding hydrogens is 216 g/mol. The van der Waals surface area contributed by atoms with Crippen LogP contribution in [0.5, 0.6) is 0 Å². The van der Waals surface area contributed by atoms with Crippen LogP contribution in [-0.4, -0.2) is 50.7 Å². The van der Waals surface area contributed by atoms with Crippen LogP contribution in [0.4, 0.5) is 0 Å². The van der Waals surface area contributed by atoms with Crippen molar-refractivity contribution in [3.8, 4) is 0 Å². The highest BCUT2D eigenvalue weighted by Gasteiger charge is 2.23. The minimum atomic E-state index is 0.171. The SMILES string of the molecule is CC(NC1CCN(C(C)C)CC1)c1nn[nH]n1. The van der Waals surface area contributed by atoms with Gasteiger partial charge in [0.15, 0.2) is 5.82 Å². The number of H-pyrrole nitrogens is 1. The van der Waals surface area contributed by atoms with E-state index in [1.165, 1.54) is 25.9 Å². The van der Waals surface area contributed by atoms with Gasteiger partial charge in [-0.25, -0.2) is 0 Å². The van der Waals surface area contributed by atoms with Crippen LogP contribution in [0, 0.1) is 0 Å². The van der Waals surface area contributed by atoms with Crippen LogP contribution in [0.15, 0.2) is 0 Å². The summed E-state index contributed by atoms with van der Waals surface area (Å²) in [5.74, 6) is 0.747. The minimum Gasteiger partial charge on any atom is -0.305 e. The molecule has 0 spiro atoms. The first-order valence-corrected chi connectivity index (χ1v) is 6.40. The van der Waals surface area contributed by atoms with Crippen molar-refractivity contribution in [1.29, 1.82) is 0 Å². The maximum Gasteiger partial charge on any atom is 0.191 e. The first kappa shape index (κ1) is 12.4. The molecule has 1 aliphatic rings. The third-order valence-electron chi connectivity index (χ3n) is 3.49. The normalized spacial score (nSPS) is 20.9. The molecule has 2 heterocycles. The lowest BCUT2D eigenvalue weighted by Gasteiger charge is -2.35. The van der Waals surface area contributed by atoms with Gasteiger partial charge in [-0.15, -0.1) is 10.2 Å². The van der Waals surface area contributed by atoms with Gasteiger partial charge in [-0.1, -0.05) is 5.21 Å². The number of likely N-dealkylation sites (tertiary alicyclic amines) is 1. The van der Waals surface area contributed by atoms with Gasteiger partial charge in [-0.3, -0.25) is 0 Å². The fourth-order valence-electron chi connectivity index (χ4n) is 2.36. The Kier molecular flexibility index (Phi) is 4.06. The summed E-state index contributed by atoms with van der Waals surface area (Å²) >= 11 is 0. The Balaban J connectivity index is 1.78. The molecule has 17 heavy (non-hydrogen) atoms.